The molecule has 0 heterocycles. The normalized spacial score (nSPS) is 13.6. The van der Waals surface area contributed by atoms with Gasteiger partial charge in [-0.3, -0.25) is 4.79 Å². The van der Waals surface area contributed by atoms with Gasteiger partial charge >= 0.3 is 29.9 Å². The fourth-order valence-corrected chi connectivity index (χ4v) is 3.12. The molecule has 3 N–H and O–H groups in total. The van der Waals surface area contributed by atoms with E-state index in [0.717, 1.165) is 11.1 Å². The number of aliphatic hydroxyl groups is 1. The standard InChI is InChI=1S/C22H19ClF5NO6/c23-15-3-1-2-14(9-15)13-6-4-12(5-7-13)8-16(29-18(31)19(32)33)10-17(30)20(34)35-11-21(24,25)22(26,27)28/h1-7,9,16-17,30H,8,10-11H2,(H,29,31)(H,32,33)/t16-,17?/m1/s1. The lowest BCUT2D eigenvalue weighted by Gasteiger charge is -2.22. The predicted octanol–water partition coefficient (Wildman–Crippen LogP) is 3.61. The van der Waals surface area contributed by atoms with Crippen molar-refractivity contribution in [1.29, 1.82) is 0 Å². The SMILES string of the molecule is O=C(O)C(=O)N[C@H](Cc1ccc(-c2cccc(Cl)c2)cc1)CC(O)C(=O)OCC(F)(F)C(F)(F)F. The van der Waals surface area contributed by atoms with Gasteiger partial charge in [-0.1, -0.05) is 48.0 Å². The molecule has 2 aromatic carbocycles. The maximum atomic E-state index is 12.9. The van der Waals surface area contributed by atoms with Crippen molar-refractivity contribution in [2.75, 3.05) is 6.61 Å². The summed E-state index contributed by atoms with van der Waals surface area (Å²) < 4.78 is 66.3. The van der Waals surface area contributed by atoms with Crippen LogP contribution in [0.2, 0.25) is 5.02 Å². The fraction of sp³-hybridized carbons (Fsp3) is 0.318. The summed E-state index contributed by atoms with van der Waals surface area (Å²) in [7, 11) is 0. The summed E-state index contributed by atoms with van der Waals surface area (Å²) in [6.07, 6.45) is -9.01. The van der Waals surface area contributed by atoms with Gasteiger partial charge in [0.1, 0.15) is 0 Å². The molecule has 1 unspecified atom stereocenters. The summed E-state index contributed by atoms with van der Waals surface area (Å²) in [5.41, 5.74) is 2.10. The molecule has 0 aromatic heterocycles. The molecule has 0 spiro atoms. The van der Waals surface area contributed by atoms with E-state index in [4.69, 9.17) is 16.7 Å². The number of esters is 1. The molecular weight excluding hydrogens is 505 g/mol. The Labute approximate surface area is 200 Å². The highest BCUT2D eigenvalue weighted by Crippen LogP contribution is 2.35. The monoisotopic (exact) mass is 523 g/mol. The van der Waals surface area contributed by atoms with E-state index in [0.29, 0.717) is 10.6 Å². The van der Waals surface area contributed by atoms with Crippen molar-refractivity contribution in [2.24, 2.45) is 0 Å². The summed E-state index contributed by atoms with van der Waals surface area (Å²) in [5, 5.41) is 21.3. The Bertz CT molecular complexity index is 1060. The molecule has 0 bridgehead atoms. The second kappa shape index (κ2) is 11.5. The van der Waals surface area contributed by atoms with Crippen molar-refractivity contribution in [1.82, 2.24) is 5.32 Å². The summed E-state index contributed by atoms with van der Waals surface area (Å²) in [5.74, 6) is -10.5. The maximum absolute atomic E-state index is 12.9. The molecule has 1 amide bonds. The Hall–Kier alpha value is -3.25. The first-order valence-electron chi connectivity index (χ1n) is 9.87. The van der Waals surface area contributed by atoms with Gasteiger partial charge in [-0.25, -0.2) is 9.59 Å². The number of carboxylic acid groups (broad SMARTS) is 1. The molecule has 2 atom stereocenters. The van der Waals surface area contributed by atoms with E-state index in [1.807, 2.05) is 5.32 Å². The Kier molecular flexibility index (Phi) is 9.16. The molecule has 35 heavy (non-hydrogen) atoms. The minimum absolute atomic E-state index is 0.113. The van der Waals surface area contributed by atoms with Crippen LogP contribution in [0.15, 0.2) is 48.5 Å². The number of rotatable bonds is 9. The lowest BCUT2D eigenvalue weighted by atomic mass is 9.98. The summed E-state index contributed by atoms with van der Waals surface area (Å²) in [6.45, 7) is -2.34. The first-order valence-corrected chi connectivity index (χ1v) is 10.3. The number of hydrogen-bond donors (Lipinski definition) is 3. The van der Waals surface area contributed by atoms with Crippen molar-refractivity contribution in [3.05, 3.63) is 59.1 Å². The second-order valence-electron chi connectivity index (χ2n) is 7.45. The number of nitrogens with one attached hydrogen (secondary N) is 1. The average molecular weight is 524 g/mol. The highest BCUT2D eigenvalue weighted by Gasteiger charge is 2.58. The van der Waals surface area contributed by atoms with E-state index < -0.39 is 55.1 Å². The number of carbonyl (C=O) groups excluding carboxylic acids is 2. The van der Waals surface area contributed by atoms with Crippen LogP contribution in [0.4, 0.5) is 22.0 Å². The lowest BCUT2D eigenvalue weighted by molar-refractivity contribution is -0.294. The number of alkyl halides is 5. The Morgan fingerprint density at radius 3 is 2.17 bits per heavy atom. The van der Waals surface area contributed by atoms with Crippen LogP contribution in [0.1, 0.15) is 12.0 Å². The van der Waals surface area contributed by atoms with Gasteiger partial charge in [-0.05, 0) is 35.2 Å². The van der Waals surface area contributed by atoms with Crippen molar-refractivity contribution in [3.63, 3.8) is 0 Å². The van der Waals surface area contributed by atoms with Crippen LogP contribution < -0.4 is 5.32 Å². The zero-order chi connectivity index (χ0) is 26.4. The van der Waals surface area contributed by atoms with Crippen LogP contribution in [0.3, 0.4) is 0 Å². The molecule has 0 aliphatic heterocycles. The molecule has 0 radical (unpaired) electrons. The van der Waals surface area contributed by atoms with Gasteiger partial charge in [0, 0.05) is 17.5 Å². The highest BCUT2D eigenvalue weighted by atomic mass is 35.5. The third-order valence-electron chi connectivity index (χ3n) is 4.71. The third kappa shape index (κ3) is 8.18. The molecule has 0 aliphatic carbocycles. The van der Waals surface area contributed by atoms with Crippen LogP contribution in [0, 0.1) is 0 Å². The number of carbonyl (C=O) groups is 3. The molecule has 0 saturated heterocycles. The van der Waals surface area contributed by atoms with Crippen LogP contribution in [0.5, 0.6) is 0 Å². The van der Waals surface area contributed by atoms with Crippen LogP contribution in [0.25, 0.3) is 11.1 Å². The van der Waals surface area contributed by atoms with E-state index in [2.05, 4.69) is 4.74 Å². The quantitative estimate of drug-likeness (QED) is 0.263. The largest absolute Gasteiger partial charge is 0.474 e. The van der Waals surface area contributed by atoms with Gasteiger partial charge in [0.25, 0.3) is 0 Å². The van der Waals surface area contributed by atoms with E-state index in [1.165, 1.54) is 0 Å². The molecule has 0 saturated carbocycles. The Balaban J connectivity index is 2.10. The third-order valence-corrected chi connectivity index (χ3v) is 4.95. The maximum Gasteiger partial charge on any atom is 0.456 e. The van der Waals surface area contributed by atoms with Crippen LogP contribution >= 0.6 is 11.6 Å². The lowest BCUT2D eigenvalue weighted by Crippen LogP contribution is -2.45. The van der Waals surface area contributed by atoms with Crippen LogP contribution in [-0.4, -0.2) is 58.9 Å². The summed E-state index contributed by atoms with van der Waals surface area (Å²) in [4.78, 5) is 34.2. The molecule has 2 aromatic rings. The number of halogens is 6. The van der Waals surface area contributed by atoms with Gasteiger partial charge in [-0.15, -0.1) is 0 Å². The van der Waals surface area contributed by atoms with Gasteiger partial charge in [-0.2, -0.15) is 22.0 Å². The number of carboxylic acids is 1. The number of ether oxygens (including phenoxy) is 1. The minimum Gasteiger partial charge on any atom is -0.474 e. The fourth-order valence-electron chi connectivity index (χ4n) is 2.93. The Morgan fingerprint density at radius 2 is 1.63 bits per heavy atom. The minimum atomic E-state index is -5.96. The molecule has 0 aliphatic rings. The van der Waals surface area contributed by atoms with E-state index >= 15 is 0 Å². The van der Waals surface area contributed by atoms with Gasteiger partial charge < -0.3 is 20.3 Å². The van der Waals surface area contributed by atoms with E-state index in [9.17, 15) is 41.4 Å². The number of benzene rings is 2. The summed E-state index contributed by atoms with van der Waals surface area (Å²) in [6, 6.07) is 12.4. The number of amides is 1. The molecule has 7 nitrogen and oxygen atoms in total. The zero-order valence-electron chi connectivity index (χ0n) is 17.7. The Morgan fingerprint density at radius 1 is 1.00 bits per heavy atom. The van der Waals surface area contributed by atoms with Gasteiger partial charge in [0.05, 0.1) is 0 Å². The predicted molar refractivity (Wildman–Crippen MR) is 113 cm³/mol. The number of aliphatic carboxylic acids is 1. The number of aliphatic hydroxyl groups excluding tert-OH is 1. The van der Waals surface area contributed by atoms with Crippen molar-refractivity contribution in [3.8, 4) is 11.1 Å². The highest BCUT2D eigenvalue weighted by molar-refractivity contribution is 6.31. The molecule has 2 rings (SSSR count). The molecule has 190 valence electrons. The molecule has 13 heteroatoms. The first kappa shape index (κ1) is 28.0. The van der Waals surface area contributed by atoms with Crippen LogP contribution in [-0.2, 0) is 25.5 Å². The van der Waals surface area contributed by atoms with Gasteiger partial charge in [0.2, 0.25) is 0 Å². The average Bonchev–Trinajstić information content (AvgIpc) is 2.77. The second-order valence-corrected chi connectivity index (χ2v) is 7.88. The van der Waals surface area contributed by atoms with Crippen molar-refractivity contribution in [2.45, 2.75) is 37.1 Å². The topological polar surface area (TPSA) is 113 Å². The van der Waals surface area contributed by atoms with E-state index in [-0.39, 0.29) is 6.42 Å². The van der Waals surface area contributed by atoms with Gasteiger partial charge in [0.15, 0.2) is 12.7 Å². The molecule has 0 fully saturated rings. The van der Waals surface area contributed by atoms with E-state index in [1.54, 1.807) is 48.5 Å². The van der Waals surface area contributed by atoms with Crippen molar-refractivity contribution < 1.29 is 51.3 Å². The summed E-state index contributed by atoms with van der Waals surface area (Å²) >= 11 is 5.97. The smallest absolute Gasteiger partial charge is 0.456 e. The zero-order valence-corrected chi connectivity index (χ0v) is 18.4. The number of hydrogen-bond acceptors (Lipinski definition) is 5. The molecular formula is C22H19ClF5NO6. The van der Waals surface area contributed by atoms with Crippen molar-refractivity contribution >= 4 is 29.4 Å². The first-order chi connectivity index (χ1) is 16.2.